The van der Waals surface area contributed by atoms with E-state index in [1.54, 1.807) is 13.0 Å². The van der Waals surface area contributed by atoms with Crippen molar-refractivity contribution in [2.24, 2.45) is 8.73 Å². The molecule has 8 heteroatoms. The maximum Gasteiger partial charge on any atom is 0.335 e. The van der Waals surface area contributed by atoms with Crippen molar-refractivity contribution in [1.82, 2.24) is 0 Å². The van der Waals surface area contributed by atoms with Crippen molar-refractivity contribution in [3.63, 3.8) is 0 Å². The molecule has 0 saturated heterocycles. The van der Waals surface area contributed by atoms with Gasteiger partial charge in [-0.15, -0.1) is 0 Å². The van der Waals surface area contributed by atoms with Crippen molar-refractivity contribution >= 4 is 57.6 Å². The zero-order chi connectivity index (χ0) is 14.7. The molecule has 0 atom stereocenters. The van der Waals surface area contributed by atoms with Crippen LogP contribution in [0.15, 0.2) is 26.9 Å². The lowest BCUT2D eigenvalue weighted by molar-refractivity contribution is -0.138. The molecular formula is C12H11Cl2N3O2S. The monoisotopic (exact) mass is 331 g/mol. The number of benzene rings is 1. The Kier molecular flexibility index (Phi) is 4.80. The fourth-order valence-corrected chi connectivity index (χ4v) is 2.72. The Hall–Kier alpha value is -1.37. The highest BCUT2D eigenvalue weighted by Gasteiger charge is 2.19. The topological polar surface area (TPSA) is 63.0 Å². The van der Waals surface area contributed by atoms with Crippen molar-refractivity contribution in [1.29, 1.82) is 0 Å². The Labute approximate surface area is 129 Å². The maximum absolute atomic E-state index is 11.5. The minimum absolute atomic E-state index is 0.201. The number of ether oxygens (including phenoxy) is 1. The average Bonchev–Trinajstić information content (AvgIpc) is 2.88. The van der Waals surface area contributed by atoms with Gasteiger partial charge in [0.1, 0.15) is 11.4 Å². The van der Waals surface area contributed by atoms with Crippen LogP contribution in [0.3, 0.4) is 0 Å². The van der Waals surface area contributed by atoms with Gasteiger partial charge in [0.15, 0.2) is 0 Å². The number of nitrogens with zero attached hydrogens (tertiary/aromatic N) is 2. The van der Waals surface area contributed by atoms with Crippen LogP contribution in [-0.4, -0.2) is 19.1 Å². The molecular weight excluding hydrogens is 321 g/mol. The zero-order valence-electron chi connectivity index (χ0n) is 10.6. The van der Waals surface area contributed by atoms with Crippen LogP contribution in [0.2, 0.25) is 10.0 Å². The molecule has 1 aliphatic heterocycles. The number of fused-ring (bicyclic) bond motifs is 1. The first kappa shape index (κ1) is 15.0. The Morgan fingerprint density at radius 3 is 2.80 bits per heavy atom. The molecule has 2 rings (SSSR count). The number of carbonyl (C=O) groups excluding carboxylic acids is 1. The summed E-state index contributed by atoms with van der Waals surface area (Å²) < 4.78 is 13.1. The third-order valence-corrected chi connectivity index (χ3v) is 3.60. The largest absolute Gasteiger partial charge is 0.463 e. The minimum Gasteiger partial charge on any atom is -0.463 e. The van der Waals surface area contributed by atoms with E-state index < -0.39 is 5.97 Å². The first-order valence-corrected chi connectivity index (χ1v) is 7.22. The molecule has 1 N–H and O–H groups in total. The van der Waals surface area contributed by atoms with E-state index in [1.165, 1.54) is 0 Å². The van der Waals surface area contributed by atoms with Crippen molar-refractivity contribution in [2.45, 2.75) is 6.92 Å². The van der Waals surface area contributed by atoms with E-state index in [-0.39, 0.29) is 6.54 Å². The van der Waals surface area contributed by atoms with Crippen LogP contribution in [0.25, 0.3) is 0 Å². The summed E-state index contributed by atoms with van der Waals surface area (Å²) in [7, 11) is 0. The highest BCUT2D eigenvalue weighted by molar-refractivity contribution is 7.58. The van der Waals surface area contributed by atoms with Crippen LogP contribution in [0.5, 0.6) is 0 Å². The molecule has 1 aliphatic rings. The SMILES string of the molecule is C=C(CNc1c(Cl)cc(Cl)c2c1N=S=N2)C(=O)OCC. The summed E-state index contributed by atoms with van der Waals surface area (Å²) in [6.07, 6.45) is 0. The lowest BCUT2D eigenvalue weighted by atomic mass is 10.2. The molecule has 0 saturated carbocycles. The number of esters is 1. The lowest BCUT2D eigenvalue weighted by Gasteiger charge is -2.12. The molecule has 0 unspecified atom stereocenters. The van der Waals surface area contributed by atoms with Gasteiger partial charge in [0.25, 0.3) is 0 Å². The van der Waals surface area contributed by atoms with Crippen LogP contribution < -0.4 is 5.32 Å². The maximum atomic E-state index is 11.5. The van der Waals surface area contributed by atoms with Gasteiger partial charge in [-0.1, -0.05) is 29.8 Å². The molecule has 0 bridgehead atoms. The summed E-state index contributed by atoms with van der Waals surface area (Å²) in [4.78, 5) is 11.5. The molecule has 1 aromatic carbocycles. The normalized spacial score (nSPS) is 11.8. The highest BCUT2D eigenvalue weighted by atomic mass is 35.5. The number of rotatable bonds is 5. The van der Waals surface area contributed by atoms with E-state index in [0.29, 0.717) is 39.3 Å². The molecule has 5 nitrogen and oxygen atoms in total. The summed E-state index contributed by atoms with van der Waals surface area (Å²) in [5, 5.41) is 3.87. The predicted octanol–water partition coefficient (Wildman–Crippen LogP) is 4.25. The first-order chi connectivity index (χ1) is 9.54. The molecule has 0 amide bonds. The third kappa shape index (κ3) is 3.03. The van der Waals surface area contributed by atoms with Crippen LogP contribution in [0, 0.1) is 0 Å². The third-order valence-electron chi connectivity index (χ3n) is 2.49. The second kappa shape index (κ2) is 6.39. The molecule has 0 radical (unpaired) electrons. The van der Waals surface area contributed by atoms with Gasteiger partial charge in [0.2, 0.25) is 0 Å². The quantitative estimate of drug-likeness (QED) is 0.657. The van der Waals surface area contributed by atoms with Gasteiger partial charge < -0.3 is 10.1 Å². The molecule has 0 aromatic heterocycles. The summed E-state index contributed by atoms with van der Waals surface area (Å²) in [6, 6.07) is 1.59. The molecule has 0 spiro atoms. The van der Waals surface area contributed by atoms with Crippen LogP contribution in [0.4, 0.5) is 17.1 Å². The minimum atomic E-state index is -0.447. The average molecular weight is 332 g/mol. The number of hydrogen-bond donors (Lipinski definition) is 1. The zero-order valence-corrected chi connectivity index (χ0v) is 12.9. The van der Waals surface area contributed by atoms with Crippen LogP contribution in [0.1, 0.15) is 6.92 Å². The Bertz CT molecular complexity index is 655. The highest BCUT2D eigenvalue weighted by Crippen LogP contribution is 2.47. The Balaban J connectivity index is 2.16. The summed E-state index contributed by atoms with van der Waals surface area (Å²) >= 11 is 13.2. The number of anilines is 1. The molecule has 0 fully saturated rings. The molecule has 20 heavy (non-hydrogen) atoms. The van der Waals surface area contributed by atoms with Gasteiger partial charge in [0, 0.05) is 12.1 Å². The van der Waals surface area contributed by atoms with E-state index in [1.807, 2.05) is 0 Å². The predicted molar refractivity (Wildman–Crippen MR) is 82.3 cm³/mol. The second-order valence-corrected chi connectivity index (χ2v) is 5.20. The van der Waals surface area contributed by atoms with E-state index in [2.05, 4.69) is 20.6 Å². The standard InChI is InChI=1S/C12H11Cl2N3O2S/c1-3-19-12(18)6(2)5-15-9-7(13)4-8(14)10-11(9)17-20-16-10/h4,15H,2-3,5H2,1H3. The van der Waals surface area contributed by atoms with Gasteiger partial charge in [0.05, 0.1) is 33.7 Å². The van der Waals surface area contributed by atoms with Gasteiger partial charge >= 0.3 is 5.97 Å². The Morgan fingerprint density at radius 2 is 2.10 bits per heavy atom. The molecule has 106 valence electrons. The van der Waals surface area contributed by atoms with Gasteiger partial charge in [-0.25, -0.2) is 4.79 Å². The first-order valence-electron chi connectivity index (χ1n) is 5.73. The van der Waals surface area contributed by atoms with Crippen molar-refractivity contribution in [2.75, 3.05) is 18.5 Å². The number of carbonyl (C=O) groups is 1. The summed E-state index contributed by atoms with van der Waals surface area (Å²) in [5.41, 5.74) is 2.02. The van der Waals surface area contributed by atoms with Crippen LogP contribution in [-0.2, 0) is 20.9 Å². The van der Waals surface area contributed by atoms with Gasteiger partial charge in [-0.2, -0.15) is 8.73 Å². The Morgan fingerprint density at radius 1 is 1.40 bits per heavy atom. The fourth-order valence-electron chi connectivity index (χ4n) is 1.54. The second-order valence-electron chi connectivity index (χ2n) is 3.85. The van der Waals surface area contributed by atoms with E-state index >= 15 is 0 Å². The van der Waals surface area contributed by atoms with E-state index in [0.717, 1.165) is 11.4 Å². The smallest absolute Gasteiger partial charge is 0.335 e. The van der Waals surface area contributed by atoms with Crippen molar-refractivity contribution in [3.05, 3.63) is 28.3 Å². The van der Waals surface area contributed by atoms with Gasteiger partial charge in [-0.05, 0) is 13.0 Å². The van der Waals surface area contributed by atoms with E-state index in [4.69, 9.17) is 27.9 Å². The van der Waals surface area contributed by atoms with Crippen molar-refractivity contribution in [3.8, 4) is 0 Å². The van der Waals surface area contributed by atoms with Gasteiger partial charge in [-0.3, -0.25) is 0 Å². The number of hydrogen-bond acceptors (Lipinski definition) is 5. The summed E-state index contributed by atoms with van der Waals surface area (Å²) in [5.74, 6) is -0.447. The van der Waals surface area contributed by atoms with Crippen LogP contribution >= 0.6 is 23.2 Å². The molecule has 1 aromatic rings. The van der Waals surface area contributed by atoms with E-state index in [9.17, 15) is 4.79 Å². The van der Waals surface area contributed by atoms with Crippen molar-refractivity contribution < 1.29 is 9.53 Å². The number of halogens is 2. The summed E-state index contributed by atoms with van der Waals surface area (Å²) in [6.45, 7) is 5.91. The molecule has 1 heterocycles. The number of nitrogens with one attached hydrogen (secondary N) is 1. The fraction of sp³-hybridized carbons (Fsp3) is 0.250. The molecule has 0 aliphatic carbocycles. The lowest BCUT2D eigenvalue weighted by Crippen LogP contribution is -2.15.